The van der Waals surface area contributed by atoms with Crippen LogP contribution in [0.25, 0.3) is 11.1 Å². The molecule has 0 aliphatic heterocycles. The van der Waals surface area contributed by atoms with Gasteiger partial charge < -0.3 is 0 Å². The minimum Gasteiger partial charge on any atom is -0.244 e. The number of rotatable bonds is 2. The van der Waals surface area contributed by atoms with E-state index in [0.29, 0.717) is 26.3 Å². The third-order valence-electron chi connectivity index (χ3n) is 2.42. The van der Waals surface area contributed by atoms with Gasteiger partial charge in [0.15, 0.2) is 0 Å². The predicted molar refractivity (Wildman–Crippen MR) is 74.0 cm³/mol. The summed E-state index contributed by atoms with van der Waals surface area (Å²) < 4.78 is 0. The van der Waals surface area contributed by atoms with Crippen molar-refractivity contribution in [2.24, 2.45) is 0 Å². The third-order valence-corrected chi connectivity index (χ3v) is 3.54. The van der Waals surface area contributed by atoms with Crippen LogP contribution in [0.15, 0.2) is 30.5 Å². The maximum Gasteiger partial charge on any atom is 0.136 e. The van der Waals surface area contributed by atoms with Crippen molar-refractivity contribution < 1.29 is 0 Å². The van der Waals surface area contributed by atoms with Crippen molar-refractivity contribution in [1.29, 1.82) is 5.26 Å². The lowest BCUT2D eigenvalue weighted by Crippen LogP contribution is -1.90. The van der Waals surface area contributed by atoms with Crippen LogP contribution in [0.3, 0.4) is 0 Å². The van der Waals surface area contributed by atoms with E-state index in [9.17, 15) is 0 Å². The highest BCUT2D eigenvalue weighted by atomic mass is 35.5. The van der Waals surface area contributed by atoms with Gasteiger partial charge in [-0.1, -0.05) is 46.9 Å². The number of hydrogen-bond acceptors (Lipinski definition) is 2. The number of halogens is 3. The monoisotopic (exact) mass is 296 g/mol. The molecule has 0 fully saturated rings. The molecule has 2 aromatic rings. The van der Waals surface area contributed by atoms with E-state index in [0.717, 1.165) is 5.56 Å². The molecule has 0 amide bonds. The van der Waals surface area contributed by atoms with Gasteiger partial charge in [-0.3, -0.25) is 0 Å². The molecule has 2 nitrogen and oxygen atoms in total. The second kappa shape index (κ2) is 5.58. The molecule has 0 aliphatic carbocycles. The quantitative estimate of drug-likeness (QED) is 0.748. The van der Waals surface area contributed by atoms with Crippen LogP contribution in [0, 0.1) is 11.3 Å². The topological polar surface area (TPSA) is 36.7 Å². The highest BCUT2D eigenvalue weighted by Crippen LogP contribution is 2.36. The van der Waals surface area contributed by atoms with Crippen molar-refractivity contribution in [1.82, 2.24) is 4.98 Å². The molecule has 0 bridgehead atoms. The smallest absolute Gasteiger partial charge is 0.136 e. The van der Waals surface area contributed by atoms with Gasteiger partial charge in [0.1, 0.15) is 5.15 Å². The fourth-order valence-corrected chi connectivity index (χ4v) is 2.19. The molecule has 18 heavy (non-hydrogen) atoms. The summed E-state index contributed by atoms with van der Waals surface area (Å²) in [5.41, 5.74) is 2.17. The zero-order chi connectivity index (χ0) is 13.1. The Morgan fingerprint density at radius 2 is 1.94 bits per heavy atom. The normalized spacial score (nSPS) is 10.1. The van der Waals surface area contributed by atoms with Crippen molar-refractivity contribution in [2.75, 3.05) is 0 Å². The van der Waals surface area contributed by atoms with Gasteiger partial charge in [-0.15, -0.1) is 0 Å². The maximum absolute atomic E-state index is 8.69. The highest BCUT2D eigenvalue weighted by molar-refractivity contribution is 6.44. The van der Waals surface area contributed by atoms with Gasteiger partial charge >= 0.3 is 0 Å². The molecule has 0 spiro atoms. The molecular formula is C13H7Cl3N2. The first-order valence-electron chi connectivity index (χ1n) is 5.09. The highest BCUT2D eigenvalue weighted by Gasteiger charge is 2.11. The summed E-state index contributed by atoms with van der Waals surface area (Å²) >= 11 is 18.2. The molecule has 1 heterocycles. The summed E-state index contributed by atoms with van der Waals surface area (Å²) in [6, 6.07) is 9.17. The molecule has 90 valence electrons. The average molecular weight is 298 g/mol. The Labute approximate surface area is 120 Å². The molecule has 0 N–H and O–H groups in total. The Kier molecular flexibility index (Phi) is 4.08. The lowest BCUT2D eigenvalue weighted by atomic mass is 10.1. The van der Waals surface area contributed by atoms with Crippen LogP contribution in [-0.2, 0) is 6.42 Å². The van der Waals surface area contributed by atoms with Gasteiger partial charge in [-0.25, -0.2) is 4.98 Å². The summed E-state index contributed by atoms with van der Waals surface area (Å²) in [6.45, 7) is 0. The number of hydrogen-bond donors (Lipinski definition) is 0. The van der Waals surface area contributed by atoms with Crippen LogP contribution >= 0.6 is 34.8 Å². The zero-order valence-electron chi connectivity index (χ0n) is 9.12. The summed E-state index contributed by atoms with van der Waals surface area (Å²) in [6.07, 6.45) is 1.85. The largest absolute Gasteiger partial charge is 0.244 e. The van der Waals surface area contributed by atoms with Gasteiger partial charge in [0.2, 0.25) is 0 Å². The van der Waals surface area contributed by atoms with E-state index in [1.807, 2.05) is 6.07 Å². The number of nitrogens with zero attached hydrogens (tertiary/aromatic N) is 2. The predicted octanol–water partition coefficient (Wildman–Crippen LogP) is 4.77. The Bertz CT molecular complexity index is 633. The number of aromatic nitrogens is 1. The van der Waals surface area contributed by atoms with Crippen LogP contribution in [-0.4, -0.2) is 4.98 Å². The molecular weight excluding hydrogens is 291 g/mol. The third kappa shape index (κ3) is 2.59. The van der Waals surface area contributed by atoms with Crippen LogP contribution < -0.4 is 0 Å². The van der Waals surface area contributed by atoms with Crippen molar-refractivity contribution in [3.8, 4) is 17.2 Å². The molecule has 0 unspecified atom stereocenters. The van der Waals surface area contributed by atoms with E-state index >= 15 is 0 Å². The molecule has 0 aliphatic rings. The SMILES string of the molecule is N#CCc1cnc(Cl)c(-c2cccc(Cl)c2Cl)c1. The fraction of sp³-hybridized carbons (Fsp3) is 0.0769. The van der Waals surface area contributed by atoms with E-state index in [1.165, 1.54) is 0 Å². The number of nitriles is 1. The van der Waals surface area contributed by atoms with Crippen LogP contribution in [0.5, 0.6) is 0 Å². The first-order chi connectivity index (χ1) is 8.63. The Morgan fingerprint density at radius 1 is 1.17 bits per heavy atom. The molecule has 1 aromatic carbocycles. The lowest BCUT2D eigenvalue weighted by Gasteiger charge is -2.08. The van der Waals surface area contributed by atoms with Crippen LogP contribution in [0.1, 0.15) is 5.56 Å². The molecule has 1 aromatic heterocycles. The molecule has 2 rings (SSSR count). The van der Waals surface area contributed by atoms with Gasteiger partial charge in [-0.2, -0.15) is 5.26 Å². The first kappa shape index (κ1) is 13.2. The Morgan fingerprint density at radius 3 is 2.67 bits per heavy atom. The molecule has 0 saturated heterocycles. The van der Waals surface area contributed by atoms with E-state index in [1.54, 1.807) is 24.4 Å². The minimum atomic E-state index is 0.273. The summed E-state index contributed by atoms with van der Waals surface area (Å²) in [5.74, 6) is 0. The van der Waals surface area contributed by atoms with Gasteiger partial charge in [0.25, 0.3) is 0 Å². The van der Waals surface area contributed by atoms with E-state index < -0.39 is 0 Å². The molecule has 0 radical (unpaired) electrons. The van der Waals surface area contributed by atoms with Gasteiger partial charge in [0.05, 0.1) is 22.5 Å². The molecule has 5 heteroatoms. The maximum atomic E-state index is 8.69. The number of pyridine rings is 1. The summed E-state index contributed by atoms with van der Waals surface area (Å²) in [4.78, 5) is 4.06. The molecule has 0 saturated carbocycles. The average Bonchev–Trinajstić information content (AvgIpc) is 2.36. The number of benzene rings is 1. The fourth-order valence-electron chi connectivity index (χ4n) is 1.58. The van der Waals surface area contributed by atoms with Crippen molar-refractivity contribution >= 4 is 34.8 Å². The molecule has 0 atom stereocenters. The van der Waals surface area contributed by atoms with Crippen molar-refractivity contribution in [3.05, 3.63) is 51.2 Å². The van der Waals surface area contributed by atoms with E-state index in [-0.39, 0.29) is 6.42 Å². The Balaban J connectivity index is 2.60. The van der Waals surface area contributed by atoms with Crippen molar-refractivity contribution in [3.63, 3.8) is 0 Å². The van der Waals surface area contributed by atoms with Crippen LogP contribution in [0.2, 0.25) is 15.2 Å². The van der Waals surface area contributed by atoms with Crippen molar-refractivity contribution in [2.45, 2.75) is 6.42 Å². The Hall–Kier alpha value is -1.27. The summed E-state index contributed by atoms with van der Waals surface area (Å²) in [5, 5.41) is 9.91. The van der Waals surface area contributed by atoms with E-state index in [4.69, 9.17) is 40.1 Å². The first-order valence-corrected chi connectivity index (χ1v) is 6.22. The second-order valence-electron chi connectivity index (χ2n) is 3.62. The minimum absolute atomic E-state index is 0.273. The van der Waals surface area contributed by atoms with Crippen LogP contribution in [0.4, 0.5) is 0 Å². The standard InChI is InChI=1S/C13H7Cl3N2/c14-11-3-1-2-9(12(11)15)10-6-8(4-5-17)7-18-13(10)16/h1-3,6-7H,4H2. The second-order valence-corrected chi connectivity index (χ2v) is 4.76. The summed E-state index contributed by atoms with van der Waals surface area (Å²) in [7, 11) is 0. The zero-order valence-corrected chi connectivity index (χ0v) is 11.4. The van der Waals surface area contributed by atoms with Gasteiger partial charge in [-0.05, 0) is 17.7 Å². The van der Waals surface area contributed by atoms with Gasteiger partial charge in [0, 0.05) is 17.3 Å². The lowest BCUT2D eigenvalue weighted by molar-refractivity contribution is 1.19. The van der Waals surface area contributed by atoms with E-state index in [2.05, 4.69) is 11.1 Å².